The minimum atomic E-state index is 0.518. The minimum Gasteiger partial charge on any atom is -0.493 e. The summed E-state index contributed by atoms with van der Waals surface area (Å²) in [6.07, 6.45) is 6.29. The molecule has 0 spiro atoms. The number of nitrogens with zero attached hydrogens (tertiary/aromatic N) is 4. The first-order chi connectivity index (χ1) is 15.1. The highest BCUT2D eigenvalue weighted by Crippen LogP contribution is 2.32. The van der Waals surface area contributed by atoms with Gasteiger partial charge in [-0.3, -0.25) is 4.98 Å². The summed E-state index contributed by atoms with van der Waals surface area (Å²) in [6, 6.07) is 11.7. The molecule has 160 valence electrons. The first kappa shape index (κ1) is 20.8. The monoisotopic (exact) mass is 418 g/mol. The van der Waals surface area contributed by atoms with E-state index in [-0.39, 0.29) is 0 Å². The van der Waals surface area contributed by atoms with Crippen molar-refractivity contribution in [3.8, 4) is 5.75 Å². The van der Waals surface area contributed by atoms with Gasteiger partial charge in [-0.25, -0.2) is 4.99 Å². The highest BCUT2D eigenvalue weighted by atomic mass is 16.5. The summed E-state index contributed by atoms with van der Waals surface area (Å²) in [5, 5.41) is 4.85. The summed E-state index contributed by atoms with van der Waals surface area (Å²) in [7, 11) is 2.11. The first-order valence-electron chi connectivity index (χ1n) is 10.3. The van der Waals surface area contributed by atoms with Gasteiger partial charge in [0.1, 0.15) is 22.9 Å². The Morgan fingerprint density at radius 1 is 1.19 bits per heavy atom. The van der Waals surface area contributed by atoms with Crippen LogP contribution in [0.15, 0.2) is 62.7 Å². The lowest BCUT2D eigenvalue weighted by Gasteiger charge is -2.16. The van der Waals surface area contributed by atoms with E-state index in [4.69, 9.17) is 13.7 Å². The Morgan fingerprint density at radius 2 is 2.10 bits per heavy atom. The third-order valence-corrected chi connectivity index (χ3v) is 5.00. The normalized spacial score (nSPS) is 11.7. The van der Waals surface area contributed by atoms with Crippen LogP contribution in [0.1, 0.15) is 29.1 Å². The van der Waals surface area contributed by atoms with Crippen LogP contribution in [0.3, 0.4) is 0 Å². The molecule has 0 saturated carbocycles. The smallest absolute Gasteiger partial charge is 0.195 e. The minimum absolute atomic E-state index is 0.518. The molecular weight excluding hydrogens is 392 g/mol. The molecule has 31 heavy (non-hydrogen) atoms. The van der Waals surface area contributed by atoms with Crippen LogP contribution in [0.2, 0.25) is 0 Å². The Kier molecular flexibility index (Phi) is 6.43. The average Bonchev–Trinajstić information content (AvgIpc) is 3.33. The zero-order valence-corrected chi connectivity index (χ0v) is 18.0. The second-order valence-electron chi connectivity index (χ2n) is 7.58. The number of hydrogen-bond donors (Lipinski definition) is 0. The van der Waals surface area contributed by atoms with Crippen LogP contribution >= 0.6 is 0 Å². The number of benzene rings is 1. The number of ether oxygens (including phenoxy) is 1. The van der Waals surface area contributed by atoms with Gasteiger partial charge in [0, 0.05) is 37.1 Å². The molecule has 3 heterocycles. The van der Waals surface area contributed by atoms with Crippen molar-refractivity contribution in [1.82, 2.24) is 15.0 Å². The van der Waals surface area contributed by atoms with Crippen molar-refractivity contribution >= 4 is 23.0 Å². The maximum atomic E-state index is 6.11. The molecule has 0 fully saturated rings. The summed E-state index contributed by atoms with van der Waals surface area (Å²) in [4.78, 5) is 10.8. The van der Waals surface area contributed by atoms with E-state index < -0.39 is 0 Å². The van der Waals surface area contributed by atoms with E-state index in [9.17, 15) is 0 Å². The topological polar surface area (TPSA) is 76.9 Å². The van der Waals surface area contributed by atoms with Gasteiger partial charge in [-0.2, -0.15) is 0 Å². The third kappa shape index (κ3) is 5.19. The first-order valence-corrected chi connectivity index (χ1v) is 10.3. The fourth-order valence-electron chi connectivity index (χ4n) is 3.47. The maximum absolute atomic E-state index is 6.11. The van der Waals surface area contributed by atoms with Crippen LogP contribution < -0.4 is 4.74 Å². The number of pyridine rings is 1. The van der Waals surface area contributed by atoms with E-state index in [1.54, 1.807) is 18.5 Å². The Bertz CT molecular complexity index is 1160. The van der Waals surface area contributed by atoms with Gasteiger partial charge in [-0.15, -0.1) is 0 Å². The molecule has 0 aliphatic carbocycles. The van der Waals surface area contributed by atoms with Gasteiger partial charge >= 0.3 is 0 Å². The number of aromatic nitrogens is 2. The van der Waals surface area contributed by atoms with Crippen LogP contribution in [0, 0.1) is 13.8 Å². The molecule has 7 nitrogen and oxygen atoms in total. The number of fused-ring (bicyclic) bond motifs is 1. The van der Waals surface area contributed by atoms with Crippen molar-refractivity contribution in [1.29, 1.82) is 0 Å². The Morgan fingerprint density at radius 3 is 2.87 bits per heavy atom. The summed E-state index contributed by atoms with van der Waals surface area (Å²) in [5.74, 6) is 2.74. The molecule has 4 aromatic rings. The second kappa shape index (κ2) is 9.57. The van der Waals surface area contributed by atoms with Gasteiger partial charge in [0.25, 0.3) is 0 Å². The molecule has 0 amide bonds. The van der Waals surface area contributed by atoms with Gasteiger partial charge < -0.3 is 18.6 Å². The highest BCUT2D eigenvalue weighted by Gasteiger charge is 2.14. The summed E-state index contributed by atoms with van der Waals surface area (Å²) in [6.45, 7) is 6.28. The summed E-state index contributed by atoms with van der Waals surface area (Å²) < 4.78 is 17.1. The molecule has 0 saturated heterocycles. The van der Waals surface area contributed by atoms with Gasteiger partial charge in [0.15, 0.2) is 5.82 Å². The summed E-state index contributed by atoms with van der Waals surface area (Å²) >= 11 is 0. The Labute approximate surface area is 181 Å². The van der Waals surface area contributed by atoms with E-state index in [2.05, 4.69) is 33.1 Å². The third-order valence-electron chi connectivity index (χ3n) is 5.00. The van der Waals surface area contributed by atoms with E-state index >= 15 is 0 Å². The predicted octanol–water partition coefficient (Wildman–Crippen LogP) is 5.08. The fraction of sp³-hybridized carbons (Fsp3) is 0.292. The van der Waals surface area contributed by atoms with Crippen LogP contribution in [0.25, 0.3) is 11.0 Å². The van der Waals surface area contributed by atoms with E-state index in [1.807, 2.05) is 44.3 Å². The SMILES string of the molecule is Cc1cc(N=Cc2oc3cccc(OCCCN(C)Cc4cccnc4)c3c2C)no1. The largest absolute Gasteiger partial charge is 0.493 e. The molecule has 0 bridgehead atoms. The van der Waals surface area contributed by atoms with Gasteiger partial charge in [-0.1, -0.05) is 17.3 Å². The number of hydrogen-bond acceptors (Lipinski definition) is 7. The van der Waals surface area contributed by atoms with Crippen molar-refractivity contribution in [2.24, 2.45) is 4.99 Å². The van der Waals surface area contributed by atoms with Crippen molar-refractivity contribution in [3.05, 3.63) is 71.4 Å². The quantitative estimate of drug-likeness (QED) is 0.278. The van der Waals surface area contributed by atoms with Crippen molar-refractivity contribution in [3.63, 3.8) is 0 Å². The van der Waals surface area contributed by atoms with Gasteiger partial charge in [0.05, 0.1) is 18.2 Å². The Hall–Kier alpha value is -3.45. The number of furan rings is 1. The zero-order chi connectivity index (χ0) is 21.6. The fourth-order valence-corrected chi connectivity index (χ4v) is 3.47. The Balaban J connectivity index is 1.37. The van der Waals surface area contributed by atoms with Crippen LogP contribution in [-0.2, 0) is 6.54 Å². The van der Waals surface area contributed by atoms with Crippen LogP contribution in [0.4, 0.5) is 5.82 Å². The highest BCUT2D eigenvalue weighted by molar-refractivity contribution is 5.95. The lowest BCUT2D eigenvalue weighted by molar-refractivity contribution is 0.260. The molecule has 1 aromatic carbocycles. The van der Waals surface area contributed by atoms with Gasteiger partial charge in [0.2, 0.25) is 0 Å². The average molecular weight is 418 g/mol. The van der Waals surface area contributed by atoms with Crippen LogP contribution in [-0.4, -0.2) is 41.5 Å². The maximum Gasteiger partial charge on any atom is 0.195 e. The lowest BCUT2D eigenvalue weighted by atomic mass is 10.1. The second-order valence-corrected chi connectivity index (χ2v) is 7.58. The van der Waals surface area contributed by atoms with Crippen molar-refractivity contribution in [2.75, 3.05) is 20.2 Å². The molecule has 3 aromatic heterocycles. The molecule has 7 heteroatoms. The van der Waals surface area contributed by atoms with E-state index in [0.717, 1.165) is 47.6 Å². The van der Waals surface area contributed by atoms with E-state index in [0.29, 0.717) is 18.2 Å². The molecule has 0 atom stereocenters. The number of aliphatic imine (C=N–C) groups is 1. The van der Waals surface area contributed by atoms with Crippen molar-refractivity contribution in [2.45, 2.75) is 26.8 Å². The molecule has 0 N–H and O–H groups in total. The molecular formula is C24H26N4O3. The molecule has 0 aliphatic rings. The lowest BCUT2D eigenvalue weighted by Crippen LogP contribution is -2.20. The zero-order valence-electron chi connectivity index (χ0n) is 18.0. The molecule has 4 rings (SSSR count). The molecule has 0 unspecified atom stereocenters. The van der Waals surface area contributed by atoms with Crippen molar-refractivity contribution < 1.29 is 13.7 Å². The standard InChI is InChI=1S/C24H26N4O3/c1-17-13-23(27-31-17)26-15-22-18(2)24-20(8-4-9-21(24)30-22)29-12-6-11-28(3)16-19-7-5-10-25-14-19/h4-5,7-10,13-15H,6,11-12,16H2,1-3H3. The van der Waals surface area contributed by atoms with Crippen LogP contribution in [0.5, 0.6) is 5.75 Å². The molecule has 0 aliphatic heterocycles. The number of rotatable bonds is 9. The van der Waals surface area contributed by atoms with E-state index in [1.165, 1.54) is 5.56 Å². The predicted molar refractivity (Wildman–Crippen MR) is 120 cm³/mol. The number of aryl methyl sites for hydroxylation is 2. The molecule has 0 radical (unpaired) electrons. The van der Waals surface area contributed by atoms with Gasteiger partial charge in [-0.05, 0) is 51.1 Å². The summed E-state index contributed by atoms with van der Waals surface area (Å²) in [5.41, 5.74) is 2.98.